The van der Waals surface area contributed by atoms with E-state index in [0.29, 0.717) is 6.54 Å². The van der Waals surface area contributed by atoms with Gasteiger partial charge in [-0.15, -0.1) is 0 Å². The summed E-state index contributed by atoms with van der Waals surface area (Å²) in [4.78, 5) is 24.9. The van der Waals surface area contributed by atoms with E-state index < -0.39 is 6.17 Å². The van der Waals surface area contributed by atoms with Crippen LogP contribution in [0.5, 0.6) is 0 Å². The van der Waals surface area contributed by atoms with Crippen LogP contribution in [0.3, 0.4) is 0 Å². The lowest BCUT2D eigenvalue weighted by atomic mass is 10.00. The SMILES string of the molecule is Cc1cccc(NC(=O)N[C@@H]2N=C(c3ccccc3)c3ccccc3N3C2=NCC3C)c1. The topological polar surface area (TPSA) is 69.1 Å². The summed E-state index contributed by atoms with van der Waals surface area (Å²) in [7, 11) is 0. The van der Waals surface area contributed by atoms with Crippen LogP contribution in [0.15, 0.2) is 88.8 Å². The molecule has 5 rings (SSSR count). The average Bonchev–Trinajstić information content (AvgIpc) is 3.12. The number of hydrogen-bond donors (Lipinski definition) is 2. The first-order chi connectivity index (χ1) is 15.6. The maximum atomic E-state index is 12.9. The molecule has 6 heteroatoms. The molecule has 1 unspecified atom stereocenters. The van der Waals surface area contributed by atoms with E-state index in [4.69, 9.17) is 9.98 Å². The molecule has 0 radical (unpaired) electrons. The normalized spacial score (nSPS) is 19.2. The Bertz CT molecular complexity index is 1220. The van der Waals surface area contributed by atoms with Gasteiger partial charge in [-0.3, -0.25) is 9.98 Å². The number of nitrogens with one attached hydrogen (secondary N) is 2. The number of benzene rings is 3. The first kappa shape index (κ1) is 20.0. The maximum absolute atomic E-state index is 12.9. The molecule has 3 aromatic carbocycles. The molecule has 2 atom stereocenters. The number of hydrogen-bond acceptors (Lipinski definition) is 4. The number of para-hydroxylation sites is 1. The number of aryl methyl sites for hydroxylation is 1. The fourth-order valence-corrected chi connectivity index (χ4v) is 4.27. The number of amidine groups is 1. The quantitative estimate of drug-likeness (QED) is 0.646. The van der Waals surface area contributed by atoms with Gasteiger partial charge in [0.25, 0.3) is 0 Å². The third-order valence-electron chi connectivity index (χ3n) is 5.72. The van der Waals surface area contributed by atoms with Crippen LogP contribution in [0.1, 0.15) is 23.6 Å². The van der Waals surface area contributed by atoms with Gasteiger partial charge < -0.3 is 15.5 Å². The number of rotatable bonds is 3. The highest BCUT2D eigenvalue weighted by Crippen LogP contribution is 2.32. The molecule has 0 aromatic heterocycles. The summed E-state index contributed by atoms with van der Waals surface area (Å²) < 4.78 is 0. The summed E-state index contributed by atoms with van der Waals surface area (Å²) in [5, 5.41) is 5.97. The van der Waals surface area contributed by atoms with E-state index in [1.54, 1.807) is 0 Å². The Morgan fingerprint density at radius 1 is 1.00 bits per heavy atom. The first-order valence-corrected chi connectivity index (χ1v) is 10.8. The molecule has 0 fully saturated rings. The summed E-state index contributed by atoms with van der Waals surface area (Å²) in [5.41, 5.74) is 5.75. The largest absolute Gasteiger partial charge is 0.321 e. The summed E-state index contributed by atoms with van der Waals surface area (Å²) >= 11 is 0. The molecule has 2 N–H and O–H groups in total. The van der Waals surface area contributed by atoms with Crippen LogP contribution in [0.25, 0.3) is 0 Å². The lowest BCUT2D eigenvalue weighted by Gasteiger charge is -2.28. The number of carbonyl (C=O) groups excluding carboxylic acids is 1. The summed E-state index contributed by atoms with van der Waals surface area (Å²) in [6, 6.07) is 25.9. The molecule has 2 amide bonds. The lowest BCUT2D eigenvalue weighted by molar-refractivity contribution is 0.251. The molecule has 2 aliphatic rings. The van der Waals surface area contributed by atoms with Crippen molar-refractivity contribution in [3.63, 3.8) is 0 Å². The van der Waals surface area contributed by atoms with Gasteiger partial charge in [0.15, 0.2) is 6.17 Å². The molecule has 2 aliphatic heterocycles. The fraction of sp³-hybridized carbons (Fsp3) is 0.192. The second-order valence-corrected chi connectivity index (χ2v) is 8.15. The van der Waals surface area contributed by atoms with E-state index in [-0.39, 0.29) is 12.1 Å². The summed E-state index contributed by atoms with van der Waals surface area (Å²) in [6.07, 6.45) is -0.604. The molecular weight excluding hydrogens is 398 g/mol. The molecular formula is C26H25N5O. The van der Waals surface area contributed by atoms with Crippen LogP contribution in [-0.2, 0) is 0 Å². The minimum Gasteiger partial charge on any atom is -0.321 e. The van der Waals surface area contributed by atoms with Crippen molar-refractivity contribution in [2.75, 3.05) is 16.8 Å². The van der Waals surface area contributed by atoms with Crippen LogP contribution < -0.4 is 15.5 Å². The van der Waals surface area contributed by atoms with E-state index in [2.05, 4.69) is 34.6 Å². The molecule has 6 nitrogen and oxygen atoms in total. The van der Waals surface area contributed by atoms with Gasteiger partial charge in [0.2, 0.25) is 0 Å². The third-order valence-corrected chi connectivity index (χ3v) is 5.72. The predicted octanol–water partition coefficient (Wildman–Crippen LogP) is 4.60. The van der Waals surface area contributed by atoms with Gasteiger partial charge in [0.1, 0.15) is 5.84 Å². The van der Waals surface area contributed by atoms with Crippen molar-refractivity contribution in [2.45, 2.75) is 26.1 Å². The highest BCUT2D eigenvalue weighted by molar-refractivity contribution is 6.21. The van der Waals surface area contributed by atoms with E-state index in [0.717, 1.165) is 39.6 Å². The number of nitrogens with zero attached hydrogens (tertiary/aromatic N) is 3. The predicted molar refractivity (Wildman–Crippen MR) is 130 cm³/mol. The van der Waals surface area contributed by atoms with Gasteiger partial charge in [-0.05, 0) is 37.6 Å². The van der Waals surface area contributed by atoms with Crippen molar-refractivity contribution in [2.24, 2.45) is 9.98 Å². The number of carbonyl (C=O) groups is 1. The zero-order chi connectivity index (χ0) is 22.1. The smallest absolute Gasteiger partial charge is 0.321 e. The van der Waals surface area contributed by atoms with Crippen molar-refractivity contribution < 1.29 is 4.79 Å². The van der Waals surface area contributed by atoms with Crippen molar-refractivity contribution in [1.82, 2.24) is 5.32 Å². The Hall–Kier alpha value is -3.93. The monoisotopic (exact) mass is 423 g/mol. The maximum Gasteiger partial charge on any atom is 0.321 e. The molecule has 0 saturated heterocycles. The molecule has 0 saturated carbocycles. The Morgan fingerprint density at radius 3 is 2.59 bits per heavy atom. The van der Waals surface area contributed by atoms with E-state index >= 15 is 0 Å². The molecule has 0 bridgehead atoms. The Balaban J connectivity index is 1.55. The zero-order valence-electron chi connectivity index (χ0n) is 18.1. The van der Waals surface area contributed by atoms with E-state index in [1.807, 2.05) is 73.7 Å². The number of aliphatic imine (C=N–C) groups is 2. The highest BCUT2D eigenvalue weighted by atomic mass is 16.2. The molecule has 0 aliphatic carbocycles. The number of anilines is 2. The second-order valence-electron chi connectivity index (χ2n) is 8.15. The second kappa shape index (κ2) is 8.30. The van der Waals surface area contributed by atoms with E-state index in [1.165, 1.54) is 0 Å². The third kappa shape index (κ3) is 3.75. The molecule has 2 heterocycles. The molecule has 3 aromatic rings. The van der Waals surface area contributed by atoms with Gasteiger partial charge >= 0.3 is 6.03 Å². The van der Waals surface area contributed by atoms with Gasteiger partial charge in [-0.25, -0.2) is 4.79 Å². The fourth-order valence-electron chi connectivity index (χ4n) is 4.27. The van der Waals surface area contributed by atoms with Crippen LogP contribution in [0.2, 0.25) is 0 Å². The molecule has 0 spiro atoms. The number of urea groups is 1. The number of amides is 2. The average molecular weight is 424 g/mol. The number of fused-ring (bicyclic) bond motifs is 3. The standard InChI is InChI=1S/C26H25N5O/c1-17-9-8-12-20(15-17)28-26(32)30-24-25-27-16-18(2)31(25)22-14-7-6-13-21(22)23(29-24)19-10-4-3-5-11-19/h3-15,18,24H,16H2,1-2H3,(H2,28,30,32)/t18?,24-/m0/s1. The Labute approximate surface area is 187 Å². The van der Waals surface area contributed by atoms with Gasteiger partial charge in [-0.1, -0.05) is 60.7 Å². The van der Waals surface area contributed by atoms with Gasteiger partial charge in [-0.2, -0.15) is 0 Å². The highest BCUT2D eigenvalue weighted by Gasteiger charge is 2.36. The van der Waals surface area contributed by atoms with Gasteiger partial charge in [0, 0.05) is 16.8 Å². The summed E-state index contributed by atoms with van der Waals surface area (Å²) in [5.74, 6) is 0.760. The minimum atomic E-state index is -0.604. The summed E-state index contributed by atoms with van der Waals surface area (Å²) in [6.45, 7) is 4.80. The van der Waals surface area contributed by atoms with Crippen molar-refractivity contribution >= 4 is 29.0 Å². The van der Waals surface area contributed by atoms with Crippen LogP contribution in [0, 0.1) is 6.92 Å². The van der Waals surface area contributed by atoms with Crippen molar-refractivity contribution in [1.29, 1.82) is 0 Å². The van der Waals surface area contributed by atoms with Crippen LogP contribution in [-0.4, -0.2) is 36.3 Å². The van der Waals surface area contributed by atoms with E-state index in [9.17, 15) is 4.79 Å². The lowest BCUT2D eigenvalue weighted by Crippen LogP contribution is -2.48. The van der Waals surface area contributed by atoms with Crippen LogP contribution >= 0.6 is 0 Å². The van der Waals surface area contributed by atoms with Crippen molar-refractivity contribution in [3.05, 3.63) is 95.6 Å². The van der Waals surface area contributed by atoms with Gasteiger partial charge in [0.05, 0.1) is 24.0 Å². The minimum absolute atomic E-state index is 0.181. The molecule has 32 heavy (non-hydrogen) atoms. The first-order valence-electron chi connectivity index (χ1n) is 10.8. The molecule has 160 valence electrons. The van der Waals surface area contributed by atoms with Crippen molar-refractivity contribution in [3.8, 4) is 0 Å². The van der Waals surface area contributed by atoms with Crippen LogP contribution in [0.4, 0.5) is 16.2 Å². The zero-order valence-corrected chi connectivity index (χ0v) is 18.1. The Kier molecular flexibility index (Phi) is 5.19. The Morgan fingerprint density at radius 2 is 1.78 bits per heavy atom.